The first-order valence-electron chi connectivity index (χ1n) is 9.86. The summed E-state index contributed by atoms with van der Waals surface area (Å²) in [7, 11) is 1.25. The van der Waals surface area contributed by atoms with Crippen molar-refractivity contribution >= 4 is 10.8 Å². The molecule has 0 saturated heterocycles. The Morgan fingerprint density at radius 3 is 1.93 bits per heavy atom. The zero-order valence-electron chi connectivity index (χ0n) is 16.8. The number of allylic oxidation sites excluding steroid dienone is 1. The molecule has 0 unspecified atom stereocenters. The molecule has 4 aromatic rings. The maximum absolute atomic E-state index is 14.0. The number of hydrogen-bond donors (Lipinski definition) is 0. The molecule has 4 aromatic carbocycles. The van der Waals surface area contributed by atoms with Gasteiger partial charge in [0.05, 0.1) is 7.11 Å². The summed E-state index contributed by atoms with van der Waals surface area (Å²) in [6.45, 7) is 3.78. The maximum atomic E-state index is 14.0. The van der Waals surface area contributed by atoms with Gasteiger partial charge in [-0.05, 0) is 69.6 Å². The summed E-state index contributed by atoms with van der Waals surface area (Å²) in [6, 6.07) is 23.2. The highest BCUT2D eigenvalue weighted by atomic mass is 19.1. The number of fused-ring (bicyclic) bond motifs is 1. The van der Waals surface area contributed by atoms with Crippen molar-refractivity contribution in [1.82, 2.24) is 0 Å². The number of methoxy groups -OCH3 is 1. The van der Waals surface area contributed by atoms with E-state index in [1.165, 1.54) is 35.6 Å². The molecule has 0 fully saturated rings. The van der Waals surface area contributed by atoms with Crippen LogP contribution in [0.15, 0.2) is 85.5 Å². The minimum Gasteiger partial charge on any atom is -0.491 e. The Bertz CT molecular complexity index is 1190. The van der Waals surface area contributed by atoms with Crippen molar-refractivity contribution in [2.45, 2.75) is 12.8 Å². The monoisotopic (exact) mass is 400 g/mol. The summed E-state index contributed by atoms with van der Waals surface area (Å²) in [6.07, 6.45) is 3.90. The Balaban J connectivity index is 1.62. The molecule has 0 radical (unpaired) electrons. The number of halogens is 2. The molecule has 0 aliphatic rings. The molecule has 0 aliphatic carbocycles. The molecule has 0 bridgehead atoms. The molecular weight excluding hydrogens is 378 g/mol. The van der Waals surface area contributed by atoms with Crippen LogP contribution in [0.25, 0.3) is 33.0 Å². The fourth-order valence-corrected chi connectivity index (χ4v) is 3.68. The van der Waals surface area contributed by atoms with Crippen molar-refractivity contribution in [2.24, 2.45) is 0 Å². The molecule has 0 aromatic heterocycles. The molecule has 150 valence electrons. The molecule has 30 heavy (non-hydrogen) atoms. The summed E-state index contributed by atoms with van der Waals surface area (Å²) < 4.78 is 32.8. The Labute approximate surface area is 175 Å². The van der Waals surface area contributed by atoms with Gasteiger partial charge in [-0.3, -0.25) is 0 Å². The number of hydrogen-bond acceptors (Lipinski definition) is 1. The van der Waals surface area contributed by atoms with Crippen molar-refractivity contribution in [3.05, 3.63) is 103 Å². The second kappa shape index (κ2) is 8.50. The number of benzene rings is 4. The van der Waals surface area contributed by atoms with Crippen LogP contribution >= 0.6 is 0 Å². The van der Waals surface area contributed by atoms with Crippen LogP contribution in [-0.2, 0) is 6.42 Å². The van der Waals surface area contributed by atoms with Crippen LogP contribution in [0.5, 0.6) is 5.75 Å². The molecule has 0 saturated carbocycles. The van der Waals surface area contributed by atoms with Gasteiger partial charge in [-0.15, -0.1) is 6.58 Å². The quantitative estimate of drug-likeness (QED) is 0.303. The second-order valence-corrected chi connectivity index (χ2v) is 7.27. The largest absolute Gasteiger partial charge is 0.491 e. The molecule has 4 rings (SSSR count). The minimum atomic E-state index is -0.710. The normalized spacial score (nSPS) is 10.9. The lowest BCUT2D eigenvalue weighted by atomic mass is 9.97. The van der Waals surface area contributed by atoms with Gasteiger partial charge in [0.2, 0.25) is 0 Å². The third kappa shape index (κ3) is 3.97. The number of rotatable bonds is 6. The van der Waals surface area contributed by atoms with Crippen LogP contribution in [0.2, 0.25) is 0 Å². The van der Waals surface area contributed by atoms with Crippen LogP contribution in [0, 0.1) is 11.6 Å². The topological polar surface area (TPSA) is 9.23 Å². The van der Waals surface area contributed by atoms with E-state index >= 15 is 0 Å². The molecule has 3 heteroatoms. The van der Waals surface area contributed by atoms with Crippen LogP contribution < -0.4 is 4.74 Å². The predicted octanol–water partition coefficient (Wildman–Crippen LogP) is 7.58. The highest BCUT2D eigenvalue weighted by Crippen LogP contribution is 2.31. The van der Waals surface area contributed by atoms with Crippen LogP contribution in [-0.4, -0.2) is 7.11 Å². The Kier molecular flexibility index (Phi) is 5.62. The van der Waals surface area contributed by atoms with Crippen molar-refractivity contribution in [3.8, 4) is 28.0 Å². The standard InChI is InChI=1S/C27H22F2O/c1-3-4-5-18-6-7-23-15-22(13-12-21(23)14-18)19-8-10-20(11-9-19)24-16-25(28)27(30-2)26(29)17-24/h3,6-17H,1,4-5H2,2H3. The first-order chi connectivity index (χ1) is 14.6. The summed E-state index contributed by atoms with van der Waals surface area (Å²) in [5.74, 6) is -1.78. The number of aryl methyl sites for hydroxylation is 1. The van der Waals surface area contributed by atoms with Crippen molar-refractivity contribution in [2.75, 3.05) is 7.11 Å². The zero-order chi connectivity index (χ0) is 21.1. The summed E-state index contributed by atoms with van der Waals surface area (Å²) >= 11 is 0. The van der Waals surface area contributed by atoms with Gasteiger partial charge in [0.15, 0.2) is 17.4 Å². The van der Waals surface area contributed by atoms with E-state index in [0.29, 0.717) is 5.56 Å². The molecule has 0 heterocycles. The average molecular weight is 400 g/mol. The third-order valence-corrected chi connectivity index (χ3v) is 5.30. The van der Waals surface area contributed by atoms with Crippen LogP contribution in [0.4, 0.5) is 8.78 Å². The number of ether oxygens (including phenoxy) is 1. The van der Waals surface area contributed by atoms with Gasteiger partial charge in [0.1, 0.15) is 0 Å². The SMILES string of the molecule is C=CCCc1ccc2cc(-c3ccc(-c4cc(F)c(OC)c(F)c4)cc3)ccc2c1. The van der Waals surface area contributed by atoms with Crippen molar-refractivity contribution in [3.63, 3.8) is 0 Å². The van der Waals surface area contributed by atoms with Crippen LogP contribution in [0.3, 0.4) is 0 Å². The lowest BCUT2D eigenvalue weighted by molar-refractivity contribution is 0.360. The van der Waals surface area contributed by atoms with Gasteiger partial charge in [0, 0.05) is 0 Å². The van der Waals surface area contributed by atoms with Crippen molar-refractivity contribution in [1.29, 1.82) is 0 Å². The molecule has 0 amide bonds. The van der Waals surface area contributed by atoms with E-state index in [2.05, 4.69) is 43.0 Å². The molecule has 0 atom stereocenters. The fraction of sp³-hybridized carbons (Fsp3) is 0.111. The van der Waals surface area contributed by atoms with E-state index < -0.39 is 11.6 Å². The lowest BCUT2D eigenvalue weighted by Gasteiger charge is -2.09. The molecular formula is C27H22F2O. The van der Waals surface area contributed by atoms with E-state index in [0.717, 1.165) is 29.5 Å². The summed E-state index contributed by atoms with van der Waals surface area (Å²) in [5, 5.41) is 2.39. The first kappa shape index (κ1) is 19.8. The van der Waals surface area contributed by atoms with Gasteiger partial charge in [-0.1, -0.05) is 60.7 Å². The van der Waals surface area contributed by atoms with Gasteiger partial charge >= 0.3 is 0 Å². The Morgan fingerprint density at radius 2 is 1.30 bits per heavy atom. The molecule has 0 spiro atoms. The van der Waals surface area contributed by atoms with E-state index in [1.54, 1.807) is 0 Å². The maximum Gasteiger partial charge on any atom is 0.190 e. The van der Waals surface area contributed by atoms with E-state index in [-0.39, 0.29) is 5.75 Å². The van der Waals surface area contributed by atoms with E-state index in [9.17, 15) is 8.78 Å². The van der Waals surface area contributed by atoms with Gasteiger partial charge < -0.3 is 4.74 Å². The second-order valence-electron chi connectivity index (χ2n) is 7.27. The average Bonchev–Trinajstić information content (AvgIpc) is 2.77. The highest BCUT2D eigenvalue weighted by molar-refractivity contribution is 5.88. The minimum absolute atomic E-state index is 0.362. The Morgan fingerprint density at radius 1 is 0.733 bits per heavy atom. The smallest absolute Gasteiger partial charge is 0.190 e. The van der Waals surface area contributed by atoms with Gasteiger partial charge in [-0.2, -0.15) is 0 Å². The predicted molar refractivity (Wildman–Crippen MR) is 120 cm³/mol. The third-order valence-electron chi connectivity index (χ3n) is 5.30. The van der Waals surface area contributed by atoms with Crippen molar-refractivity contribution < 1.29 is 13.5 Å². The summed E-state index contributed by atoms with van der Waals surface area (Å²) in [4.78, 5) is 0. The summed E-state index contributed by atoms with van der Waals surface area (Å²) in [5.41, 5.74) is 4.67. The zero-order valence-corrected chi connectivity index (χ0v) is 16.8. The van der Waals surface area contributed by atoms with Gasteiger partial charge in [0.25, 0.3) is 0 Å². The molecule has 0 N–H and O–H groups in total. The fourth-order valence-electron chi connectivity index (χ4n) is 3.68. The molecule has 0 aliphatic heterocycles. The van der Waals surface area contributed by atoms with Gasteiger partial charge in [-0.25, -0.2) is 8.78 Å². The van der Waals surface area contributed by atoms with Crippen LogP contribution in [0.1, 0.15) is 12.0 Å². The Hall–Kier alpha value is -3.46. The van der Waals surface area contributed by atoms with E-state index in [4.69, 9.17) is 4.74 Å². The lowest BCUT2D eigenvalue weighted by Crippen LogP contribution is -1.93. The first-order valence-corrected chi connectivity index (χ1v) is 9.86. The molecule has 1 nitrogen and oxygen atoms in total. The van der Waals surface area contributed by atoms with E-state index in [1.807, 2.05) is 30.3 Å². The highest BCUT2D eigenvalue weighted by Gasteiger charge is 2.12.